The number of amides is 1. The van der Waals surface area contributed by atoms with Crippen LogP contribution < -0.4 is 10.1 Å². The summed E-state index contributed by atoms with van der Waals surface area (Å²) in [4.78, 5) is 30.1. The average molecular weight is 480 g/mol. The van der Waals surface area contributed by atoms with E-state index in [0.29, 0.717) is 19.4 Å². The Morgan fingerprint density at radius 2 is 2.06 bits per heavy atom. The van der Waals surface area contributed by atoms with Gasteiger partial charge in [-0.1, -0.05) is 0 Å². The lowest BCUT2D eigenvalue weighted by molar-refractivity contribution is -0.135. The van der Waals surface area contributed by atoms with E-state index in [2.05, 4.69) is 20.3 Å². The van der Waals surface area contributed by atoms with Gasteiger partial charge in [0.15, 0.2) is 0 Å². The molecule has 9 nitrogen and oxygen atoms in total. The number of benzene rings is 1. The van der Waals surface area contributed by atoms with Crippen LogP contribution in [0.1, 0.15) is 28.0 Å². The third kappa shape index (κ3) is 3.53. The van der Waals surface area contributed by atoms with Gasteiger partial charge in [0.1, 0.15) is 22.7 Å². The lowest BCUT2D eigenvalue weighted by atomic mass is 9.87. The highest BCUT2D eigenvalue weighted by molar-refractivity contribution is 7.19. The number of fused-ring (bicyclic) bond motifs is 4. The second kappa shape index (κ2) is 8.30. The topological polar surface area (TPSA) is 120 Å². The number of aliphatic hydroxyl groups is 2. The molecule has 2 aliphatic heterocycles. The minimum atomic E-state index is -0.862. The molecule has 10 heteroatoms. The van der Waals surface area contributed by atoms with Crippen molar-refractivity contribution in [3.05, 3.63) is 40.0 Å². The number of thiophene rings is 1. The van der Waals surface area contributed by atoms with Gasteiger partial charge in [-0.15, -0.1) is 11.3 Å². The molecule has 1 amide bonds. The van der Waals surface area contributed by atoms with Gasteiger partial charge in [-0.2, -0.15) is 0 Å². The molecule has 0 bridgehead atoms. The number of carbonyl (C=O) groups excluding carboxylic acids is 1. The molecule has 1 aromatic carbocycles. The molecule has 1 unspecified atom stereocenters. The second-order valence-electron chi connectivity index (χ2n) is 9.07. The predicted octanol–water partition coefficient (Wildman–Crippen LogP) is 2.04. The number of β-amino-alcohol motifs (C(OH)–C–C–N with tert-alkyl or cyclic N) is 2. The lowest BCUT2D eigenvalue weighted by Crippen LogP contribution is -2.37. The monoisotopic (exact) mass is 479 g/mol. The van der Waals surface area contributed by atoms with Crippen LogP contribution in [0.2, 0.25) is 0 Å². The molecule has 0 saturated carbocycles. The van der Waals surface area contributed by atoms with Gasteiger partial charge in [0.25, 0.3) is 0 Å². The maximum atomic E-state index is 13.0. The van der Waals surface area contributed by atoms with E-state index in [1.807, 2.05) is 18.3 Å². The number of likely N-dealkylation sites (tertiary alicyclic amines) is 1. The predicted molar refractivity (Wildman–Crippen MR) is 129 cm³/mol. The molecule has 1 saturated heterocycles. The number of aliphatic hydroxyl groups excluding tert-OH is 2. The molecule has 2 aromatic heterocycles. The number of nitrogens with zero attached hydrogens (tertiary/aromatic N) is 4. The number of aryl methyl sites for hydroxylation is 1. The van der Waals surface area contributed by atoms with E-state index in [-0.39, 0.29) is 24.9 Å². The standard InChI is InChI=1S/C24H25N5O4S/c1-33-19-5-14-8-25-7-13(14)4-16(19)28-22-21-15-3-2-12(6-20(15)34-23(21)27-11-26-22)24(32)29-9-17(30)18(31)10-29/h4-5,7,11-12,17-18,30-31H,2-3,6,8-10H2,1H3,(H,26,27,28)/t12?,17-,18-/m0/s1. The van der Waals surface area contributed by atoms with Crippen molar-refractivity contribution in [3.8, 4) is 5.75 Å². The van der Waals surface area contributed by atoms with Crippen LogP contribution in [0.25, 0.3) is 10.2 Å². The van der Waals surface area contributed by atoms with Crippen LogP contribution >= 0.6 is 11.3 Å². The number of carbonyl (C=O) groups is 1. The molecule has 34 heavy (non-hydrogen) atoms. The van der Waals surface area contributed by atoms with Crippen molar-refractivity contribution in [1.29, 1.82) is 0 Å². The molecule has 1 aliphatic carbocycles. The molecule has 176 valence electrons. The number of hydrogen-bond acceptors (Lipinski definition) is 9. The average Bonchev–Trinajstić information content (AvgIpc) is 3.54. The van der Waals surface area contributed by atoms with Gasteiger partial charge in [-0.05, 0) is 48.1 Å². The van der Waals surface area contributed by atoms with Crippen molar-refractivity contribution < 1.29 is 19.7 Å². The van der Waals surface area contributed by atoms with E-state index >= 15 is 0 Å². The van der Waals surface area contributed by atoms with Crippen molar-refractivity contribution in [3.63, 3.8) is 0 Å². The van der Waals surface area contributed by atoms with E-state index < -0.39 is 12.2 Å². The highest BCUT2D eigenvalue weighted by Crippen LogP contribution is 2.42. The molecule has 1 fully saturated rings. The largest absolute Gasteiger partial charge is 0.495 e. The Labute approximate surface area is 200 Å². The Hall–Kier alpha value is -3.08. The minimum Gasteiger partial charge on any atom is -0.495 e. The summed E-state index contributed by atoms with van der Waals surface area (Å²) in [6, 6.07) is 4.04. The van der Waals surface area contributed by atoms with Gasteiger partial charge in [0.05, 0.1) is 36.9 Å². The van der Waals surface area contributed by atoms with Gasteiger partial charge >= 0.3 is 0 Å². The quantitative estimate of drug-likeness (QED) is 0.524. The van der Waals surface area contributed by atoms with Gasteiger partial charge < -0.3 is 25.2 Å². The number of aliphatic imine (C=N–C) groups is 1. The van der Waals surface area contributed by atoms with Crippen LogP contribution in [-0.4, -0.2) is 69.6 Å². The molecule has 0 spiro atoms. The lowest BCUT2D eigenvalue weighted by Gasteiger charge is -2.26. The van der Waals surface area contributed by atoms with Crippen molar-refractivity contribution in [2.75, 3.05) is 25.5 Å². The fourth-order valence-electron chi connectivity index (χ4n) is 5.16. The highest BCUT2D eigenvalue weighted by Gasteiger charge is 2.37. The summed E-state index contributed by atoms with van der Waals surface area (Å²) < 4.78 is 5.62. The maximum Gasteiger partial charge on any atom is 0.226 e. The van der Waals surface area contributed by atoms with E-state index in [4.69, 9.17) is 4.74 Å². The zero-order valence-corrected chi connectivity index (χ0v) is 19.5. The first-order valence-electron chi connectivity index (χ1n) is 11.4. The van der Waals surface area contributed by atoms with Crippen LogP contribution in [0, 0.1) is 5.92 Å². The summed E-state index contributed by atoms with van der Waals surface area (Å²) in [5.74, 6) is 1.32. The first kappa shape index (κ1) is 21.5. The van der Waals surface area contributed by atoms with Crippen LogP contribution in [0.4, 0.5) is 11.5 Å². The fourth-order valence-corrected chi connectivity index (χ4v) is 6.42. The van der Waals surface area contributed by atoms with Crippen LogP contribution in [0.5, 0.6) is 5.75 Å². The smallest absolute Gasteiger partial charge is 0.226 e. The number of nitrogens with one attached hydrogen (secondary N) is 1. The van der Waals surface area contributed by atoms with E-state index in [9.17, 15) is 15.0 Å². The zero-order valence-electron chi connectivity index (χ0n) is 18.7. The van der Waals surface area contributed by atoms with Crippen LogP contribution in [-0.2, 0) is 24.2 Å². The highest BCUT2D eigenvalue weighted by atomic mass is 32.1. The van der Waals surface area contributed by atoms with Crippen LogP contribution in [0.3, 0.4) is 0 Å². The van der Waals surface area contributed by atoms with Crippen molar-refractivity contribution >= 4 is 45.2 Å². The fraction of sp³-hybridized carbons (Fsp3) is 0.417. The summed E-state index contributed by atoms with van der Waals surface area (Å²) in [6.07, 6.45) is 3.81. The number of hydrogen-bond donors (Lipinski definition) is 3. The summed E-state index contributed by atoms with van der Waals surface area (Å²) in [5, 5.41) is 24.1. The van der Waals surface area contributed by atoms with Crippen LogP contribution in [0.15, 0.2) is 23.5 Å². The third-order valence-electron chi connectivity index (χ3n) is 6.97. The first-order valence-corrected chi connectivity index (χ1v) is 12.2. The van der Waals surface area contributed by atoms with Gasteiger partial charge in [0.2, 0.25) is 5.91 Å². The normalized spacial score (nSPS) is 23.3. The minimum absolute atomic E-state index is 0.00711. The molecule has 3 N–H and O–H groups in total. The Kier molecular flexibility index (Phi) is 5.23. The van der Waals surface area contributed by atoms with E-state index in [1.165, 1.54) is 5.56 Å². The summed E-state index contributed by atoms with van der Waals surface area (Å²) in [5.41, 5.74) is 4.22. The third-order valence-corrected chi connectivity index (χ3v) is 8.13. The number of ether oxygens (including phenoxy) is 1. The van der Waals surface area contributed by atoms with E-state index in [1.54, 1.807) is 29.7 Å². The van der Waals surface area contributed by atoms with Crippen molar-refractivity contribution in [2.24, 2.45) is 10.9 Å². The molecule has 3 aromatic rings. The summed E-state index contributed by atoms with van der Waals surface area (Å²) >= 11 is 1.61. The Balaban J connectivity index is 1.30. The second-order valence-corrected chi connectivity index (χ2v) is 10.2. The molecule has 3 atom stereocenters. The molecular formula is C24H25N5O4S. The summed E-state index contributed by atoms with van der Waals surface area (Å²) in [6.45, 7) is 1.06. The number of aromatic nitrogens is 2. The Bertz CT molecular complexity index is 1310. The maximum absolute atomic E-state index is 13.0. The number of anilines is 2. The molecule has 4 heterocycles. The Morgan fingerprint density at radius 1 is 1.24 bits per heavy atom. The van der Waals surface area contributed by atoms with E-state index in [0.717, 1.165) is 49.9 Å². The zero-order chi connectivity index (χ0) is 23.4. The SMILES string of the molecule is COc1cc2c(cc1Nc1ncnc3sc4c(c13)CCC(C(=O)N1C[C@H](O)[C@@H](O)C1)C4)C=NC2. The van der Waals surface area contributed by atoms with Crippen molar-refractivity contribution in [2.45, 2.75) is 38.0 Å². The van der Waals surface area contributed by atoms with Gasteiger partial charge in [-0.3, -0.25) is 9.79 Å². The van der Waals surface area contributed by atoms with Crippen molar-refractivity contribution in [1.82, 2.24) is 14.9 Å². The number of methoxy groups -OCH3 is 1. The molecule has 3 aliphatic rings. The van der Waals surface area contributed by atoms with Gasteiger partial charge in [0, 0.05) is 30.1 Å². The molecular weight excluding hydrogens is 454 g/mol. The van der Waals surface area contributed by atoms with Gasteiger partial charge in [-0.25, -0.2) is 9.97 Å². The number of rotatable bonds is 4. The Morgan fingerprint density at radius 3 is 2.85 bits per heavy atom. The molecule has 6 rings (SSSR count). The summed E-state index contributed by atoms with van der Waals surface area (Å²) in [7, 11) is 1.65. The first-order chi connectivity index (χ1) is 16.5. The molecule has 0 radical (unpaired) electrons.